The van der Waals surface area contributed by atoms with Gasteiger partial charge in [-0.3, -0.25) is 4.79 Å². The van der Waals surface area contributed by atoms with Crippen LogP contribution in [0.2, 0.25) is 0 Å². The topological polar surface area (TPSA) is 110 Å². The summed E-state index contributed by atoms with van der Waals surface area (Å²) in [5.41, 5.74) is 8.72. The van der Waals surface area contributed by atoms with Crippen LogP contribution in [-0.2, 0) is 6.54 Å². The summed E-state index contributed by atoms with van der Waals surface area (Å²) in [6.45, 7) is 2.18. The summed E-state index contributed by atoms with van der Waals surface area (Å²) in [6, 6.07) is 10.7. The first-order chi connectivity index (χ1) is 13.2. The Kier molecular flexibility index (Phi) is 4.69. The van der Waals surface area contributed by atoms with E-state index >= 15 is 0 Å². The molecule has 138 valence electrons. The molecular weight excluding hydrogens is 344 g/mol. The molecule has 1 aliphatic rings. The number of nitrogens with zero attached hydrogens (tertiary/aromatic N) is 4. The van der Waals surface area contributed by atoms with E-state index in [1.165, 1.54) is 6.26 Å². The lowest BCUT2D eigenvalue weighted by Crippen LogP contribution is -2.23. The molecule has 8 heteroatoms. The van der Waals surface area contributed by atoms with E-state index in [1.54, 1.807) is 24.3 Å². The minimum absolute atomic E-state index is 0.193. The van der Waals surface area contributed by atoms with Gasteiger partial charge in [0.05, 0.1) is 12.2 Å². The van der Waals surface area contributed by atoms with Crippen molar-refractivity contribution in [3.63, 3.8) is 0 Å². The van der Waals surface area contributed by atoms with Crippen molar-refractivity contribution in [2.24, 2.45) is 0 Å². The number of benzene rings is 1. The van der Waals surface area contributed by atoms with Crippen LogP contribution in [0.4, 0.5) is 11.8 Å². The molecule has 3 aromatic rings. The average molecular weight is 364 g/mol. The summed E-state index contributed by atoms with van der Waals surface area (Å²) in [7, 11) is 0. The van der Waals surface area contributed by atoms with Gasteiger partial charge in [-0.15, -0.1) is 0 Å². The van der Waals surface area contributed by atoms with E-state index in [2.05, 4.69) is 25.3 Å². The van der Waals surface area contributed by atoms with Crippen LogP contribution in [0.5, 0.6) is 0 Å². The standard InChI is InChI=1S/C19H20N6O2/c20-17-11-16(22-19(23-17)25-7-1-2-8-25)13-4-3-5-14(10-13)18(26)21-12-15-6-9-27-24-15/h3-6,9-11H,1-2,7-8,12H2,(H,21,26)(H2,20,22,23). The van der Waals surface area contributed by atoms with Gasteiger partial charge in [0.15, 0.2) is 0 Å². The molecule has 3 heterocycles. The molecule has 1 aromatic carbocycles. The molecule has 27 heavy (non-hydrogen) atoms. The van der Waals surface area contributed by atoms with Crippen LogP contribution in [0, 0.1) is 0 Å². The zero-order valence-corrected chi connectivity index (χ0v) is 14.8. The van der Waals surface area contributed by atoms with Crippen LogP contribution in [0.1, 0.15) is 28.9 Å². The van der Waals surface area contributed by atoms with Gasteiger partial charge in [0.1, 0.15) is 17.8 Å². The maximum Gasteiger partial charge on any atom is 0.251 e. The lowest BCUT2D eigenvalue weighted by Gasteiger charge is -2.16. The maximum atomic E-state index is 12.4. The van der Waals surface area contributed by atoms with Gasteiger partial charge in [0.25, 0.3) is 5.91 Å². The highest BCUT2D eigenvalue weighted by Crippen LogP contribution is 2.24. The summed E-state index contributed by atoms with van der Waals surface area (Å²) in [5, 5.41) is 6.60. The number of amides is 1. The summed E-state index contributed by atoms with van der Waals surface area (Å²) in [6.07, 6.45) is 3.74. The molecule has 0 spiro atoms. The quantitative estimate of drug-likeness (QED) is 0.714. The number of nitrogen functional groups attached to an aromatic ring is 1. The summed E-state index contributed by atoms with van der Waals surface area (Å²) in [5.74, 6) is 0.868. The SMILES string of the molecule is Nc1cc(-c2cccc(C(=O)NCc3ccon3)c2)nc(N2CCCC2)n1. The first kappa shape index (κ1) is 17.0. The second-order valence-corrected chi connectivity index (χ2v) is 6.43. The third-order valence-electron chi connectivity index (χ3n) is 4.46. The lowest BCUT2D eigenvalue weighted by atomic mass is 10.1. The molecule has 0 unspecified atom stereocenters. The fourth-order valence-electron chi connectivity index (χ4n) is 3.08. The van der Waals surface area contributed by atoms with Gasteiger partial charge >= 0.3 is 0 Å². The van der Waals surface area contributed by atoms with Crippen LogP contribution in [0.15, 0.2) is 47.2 Å². The molecule has 0 saturated carbocycles. The zero-order chi connectivity index (χ0) is 18.6. The summed E-state index contributed by atoms with van der Waals surface area (Å²) < 4.78 is 4.76. The van der Waals surface area contributed by atoms with E-state index in [1.807, 2.05) is 12.1 Å². The first-order valence-corrected chi connectivity index (χ1v) is 8.86. The van der Waals surface area contributed by atoms with Gasteiger partial charge in [-0.25, -0.2) is 4.98 Å². The number of carbonyl (C=O) groups is 1. The minimum Gasteiger partial charge on any atom is -0.384 e. The molecule has 2 aromatic heterocycles. The average Bonchev–Trinajstić information content (AvgIpc) is 3.39. The van der Waals surface area contributed by atoms with E-state index in [-0.39, 0.29) is 5.91 Å². The molecule has 0 aliphatic carbocycles. The first-order valence-electron chi connectivity index (χ1n) is 8.86. The molecule has 1 saturated heterocycles. The lowest BCUT2D eigenvalue weighted by molar-refractivity contribution is 0.0950. The van der Waals surface area contributed by atoms with E-state index in [0.29, 0.717) is 35.3 Å². The van der Waals surface area contributed by atoms with Crippen LogP contribution in [0.3, 0.4) is 0 Å². The number of anilines is 2. The second kappa shape index (κ2) is 7.45. The highest BCUT2D eigenvalue weighted by atomic mass is 16.5. The fraction of sp³-hybridized carbons (Fsp3) is 0.263. The number of nitrogens with one attached hydrogen (secondary N) is 1. The Labute approximate surface area is 156 Å². The smallest absolute Gasteiger partial charge is 0.251 e. The predicted octanol–water partition coefficient (Wildman–Crippen LogP) is 2.24. The normalized spacial score (nSPS) is 13.7. The van der Waals surface area contributed by atoms with Gasteiger partial charge in [-0.05, 0) is 25.0 Å². The molecule has 0 atom stereocenters. The number of hydrogen-bond donors (Lipinski definition) is 2. The predicted molar refractivity (Wildman–Crippen MR) is 101 cm³/mol. The van der Waals surface area contributed by atoms with Gasteiger partial charge in [0.2, 0.25) is 5.95 Å². The number of aromatic nitrogens is 3. The molecule has 4 rings (SSSR count). The van der Waals surface area contributed by atoms with Crippen molar-refractivity contribution in [2.75, 3.05) is 23.7 Å². The monoisotopic (exact) mass is 364 g/mol. The highest BCUT2D eigenvalue weighted by molar-refractivity contribution is 5.95. The van der Waals surface area contributed by atoms with Crippen LogP contribution in [-0.4, -0.2) is 34.1 Å². The molecule has 8 nitrogen and oxygen atoms in total. The Morgan fingerprint density at radius 1 is 1.19 bits per heavy atom. The Morgan fingerprint density at radius 2 is 2.04 bits per heavy atom. The number of rotatable bonds is 5. The molecule has 1 aliphatic heterocycles. The maximum absolute atomic E-state index is 12.4. The van der Waals surface area contributed by atoms with Gasteiger partial charge in [-0.1, -0.05) is 17.3 Å². The van der Waals surface area contributed by atoms with Crippen molar-refractivity contribution in [1.29, 1.82) is 0 Å². The van der Waals surface area contributed by atoms with Crippen LogP contribution in [0.25, 0.3) is 11.3 Å². The minimum atomic E-state index is -0.193. The van der Waals surface area contributed by atoms with Gasteiger partial charge in [-0.2, -0.15) is 4.98 Å². The van der Waals surface area contributed by atoms with Gasteiger partial charge < -0.3 is 20.5 Å². The van der Waals surface area contributed by atoms with E-state index in [4.69, 9.17) is 10.3 Å². The van der Waals surface area contributed by atoms with E-state index in [0.717, 1.165) is 31.5 Å². The molecule has 1 fully saturated rings. The third kappa shape index (κ3) is 3.89. The molecule has 0 bridgehead atoms. The van der Waals surface area contributed by atoms with Crippen LogP contribution >= 0.6 is 0 Å². The van der Waals surface area contributed by atoms with Gasteiger partial charge in [0, 0.05) is 36.3 Å². The van der Waals surface area contributed by atoms with Crippen molar-refractivity contribution < 1.29 is 9.32 Å². The number of hydrogen-bond acceptors (Lipinski definition) is 7. The van der Waals surface area contributed by atoms with Crippen molar-refractivity contribution in [1.82, 2.24) is 20.4 Å². The Balaban J connectivity index is 1.55. The highest BCUT2D eigenvalue weighted by Gasteiger charge is 2.17. The Bertz CT molecular complexity index is 935. The van der Waals surface area contributed by atoms with Crippen molar-refractivity contribution in [3.8, 4) is 11.3 Å². The Morgan fingerprint density at radius 3 is 2.81 bits per heavy atom. The van der Waals surface area contributed by atoms with Crippen molar-refractivity contribution >= 4 is 17.7 Å². The molecule has 0 radical (unpaired) electrons. The van der Waals surface area contributed by atoms with Crippen molar-refractivity contribution in [2.45, 2.75) is 19.4 Å². The summed E-state index contributed by atoms with van der Waals surface area (Å²) in [4.78, 5) is 23.6. The van der Waals surface area contributed by atoms with E-state index < -0.39 is 0 Å². The Hall–Kier alpha value is -3.42. The second-order valence-electron chi connectivity index (χ2n) is 6.43. The zero-order valence-electron chi connectivity index (χ0n) is 14.8. The summed E-state index contributed by atoms with van der Waals surface area (Å²) >= 11 is 0. The van der Waals surface area contributed by atoms with Crippen LogP contribution < -0.4 is 16.0 Å². The number of nitrogens with two attached hydrogens (primary N) is 1. The molecule has 3 N–H and O–H groups in total. The fourth-order valence-corrected chi connectivity index (χ4v) is 3.08. The van der Waals surface area contributed by atoms with E-state index in [9.17, 15) is 4.79 Å². The number of carbonyl (C=O) groups excluding carboxylic acids is 1. The van der Waals surface area contributed by atoms with Crippen molar-refractivity contribution in [3.05, 3.63) is 53.9 Å². The molecule has 1 amide bonds. The third-order valence-corrected chi connectivity index (χ3v) is 4.46. The largest absolute Gasteiger partial charge is 0.384 e. The molecular formula is C19H20N6O2.